The predicted octanol–water partition coefficient (Wildman–Crippen LogP) is 1.85. The molecule has 1 aliphatic heterocycles. The van der Waals surface area contributed by atoms with Gasteiger partial charge >= 0.3 is 0 Å². The van der Waals surface area contributed by atoms with Crippen LogP contribution in [0.5, 0.6) is 5.75 Å². The lowest BCUT2D eigenvalue weighted by atomic mass is 10.0. The smallest absolute Gasteiger partial charge is 0.141 e. The van der Waals surface area contributed by atoms with Crippen molar-refractivity contribution in [1.29, 1.82) is 0 Å². The number of hydrogen-bond donors (Lipinski definition) is 1. The second-order valence-corrected chi connectivity index (χ2v) is 5.60. The number of nitrogens with two attached hydrogens (primary N) is 1. The van der Waals surface area contributed by atoms with E-state index < -0.39 is 0 Å². The Balaban J connectivity index is 1.91. The van der Waals surface area contributed by atoms with Crippen LogP contribution in [0.15, 0.2) is 18.2 Å². The minimum Gasteiger partial charge on any atom is -0.495 e. The number of nitrogens with zero attached hydrogens (tertiary/aromatic N) is 2. The molecule has 2 rings (SSSR count). The third-order valence-corrected chi connectivity index (χ3v) is 4.30. The highest BCUT2D eigenvalue weighted by Crippen LogP contribution is 2.23. The van der Waals surface area contributed by atoms with Gasteiger partial charge in [0.1, 0.15) is 5.75 Å². The average molecular weight is 277 g/mol. The monoisotopic (exact) mass is 277 g/mol. The lowest BCUT2D eigenvalue weighted by molar-refractivity contribution is 0.106. The second kappa shape index (κ2) is 6.95. The maximum absolute atomic E-state index is 5.98. The molecule has 4 heteroatoms. The van der Waals surface area contributed by atoms with Gasteiger partial charge in [-0.15, -0.1) is 0 Å². The number of methoxy groups -OCH3 is 1. The van der Waals surface area contributed by atoms with E-state index in [1.165, 1.54) is 31.7 Å². The molecule has 112 valence electrons. The van der Waals surface area contributed by atoms with Crippen LogP contribution in [0.1, 0.15) is 19.4 Å². The normalized spacial score (nSPS) is 18.9. The van der Waals surface area contributed by atoms with E-state index in [9.17, 15) is 0 Å². The Labute approximate surface area is 122 Å². The summed E-state index contributed by atoms with van der Waals surface area (Å²) >= 11 is 0. The number of benzene rings is 1. The lowest BCUT2D eigenvalue weighted by Crippen LogP contribution is -2.49. The zero-order chi connectivity index (χ0) is 14.5. The second-order valence-electron chi connectivity index (χ2n) is 5.60. The SMILES string of the molecule is CCN1CCN(C(C)Cc2ccc(OC)c(N)c2)CC1. The molecule has 0 aliphatic carbocycles. The number of rotatable bonds is 5. The molecule has 0 aromatic heterocycles. The first kappa shape index (κ1) is 15.1. The lowest BCUT2D eigenvalue weighted by Gasteiger charge is -2.37. The van der Waals surface area contributed by atoms with Crippen molar-refractivity contribution in [3.63, 3.8) is 0 Å². The van der Waals surface area contributed by atoms with E-state index in [2.05, 4.69) is 29.7 Å². The van der Waals surface area contributed by atoms with E-state index in [-0.39, 0.29) is 0 Å². The average Bonchev–Trinajstić information content (AvgIpc) is 2.47. The third kappa shape index (κ3) is 3.64. The maximum atomic E-state index is 5.98. The van der Waals surface area contributed by atoms with Gasteiger partial charge in [0.2, 0.25) is 0 Å². The number of ether oxygens (including phenoxy) is 1. The van der Waals surface area contributed by atoms with Crippen molar-refractivity contribution in [2.45, 2.75) is 26.3 Å². The molecule has 1 atom stereocenters. The summed E-state index contributed by atoms with van der Waals surface area (Å²) < 4.78 is 5.20. The number of likely N-dealkylation sites (N-methyl/N-ethyl adjacent to an activating group) is 1. The van der Waals surface area contributed by atoms with E-state index in [0.29, 0.717) is 6.04 Å². The largest absolute Gasteiger partial charge is 0.495 e. The Morgan fingerprint density at radius 2 is 1.95 bits per heavy atom. The van der Waals surface area contributed by atoms with Gasteiger partial charge in [0.05, 0.1) is 12.8 Å². The zero-order valence-corrected chi connectivity index (χ0v) is 12.9. The molecule has 1 aromatic carbocycles. The van der Waals surface area contributed by atoms with Crippen LogP contribution >= 0.6 is 0 Å². The van der Waals surface area contributed by atoms with Crippen LogP contribution in [0.4, 0.5) is 5.69 Å². The van der Waals surface area contributed by atoms with Crippen molar-refractivity contribution in [1.82, 2.24) is 9.80 Å². The first-order valence-electron chi connectivity index (χ1n) is 7.52. The first-order chi connectivity index (χ1) is 9.63. The molecular formula is C16H27N3O. The number of piperazine rings is 1. The molecule has 0 saturated carbocycles. The van der Waals surface area contributed by atoms with Crippen LogP contribution in [0.2, 0.25) is 0 Å². The molecule has 1 heterocycles. The van der Waals surface area contributed by atoms with Crippen LogP contribution in [0, 0.1) is 0 Å². The summed E-state index contributed by atoms with van der Waals surface area (Å²) in [5.74, 6) is 0.762. The van der Waals surface area contributed by atoms with Crippen molar-refractivity contribution in [2.75, 3.05) is 45.6 Å². The Bertz CT molecular complexity index is 428. The highest BCUT2D eigenvalue weighted by atomic mass is 16.5. The highest BCUT2D eigenvalue weighted by Gasteiger charge is 2.20. The van der Waals surface area contributed by atoms with Gasteiger partial charge in [-0.25, -0.2) is 0 Å². The van der Waals surface area contributed by atoms with Crippen molar-refractivity contribution in [3.05, 3.63) is 23.8 Å². The topological polar surface area (TPSA) is 41.7 Å². The fourth-order valence-corrected chi connectivity index (χ4v) is 2.90. The summed E-state index contributed by atoms with van der Waals surface area (Å²) in [5.41, 5.74) is 7.99. The third-order valence-electron chi connectivity index (χ3n) is 4.30. The molecule has 1 fully saturated rings. The van der Waals surface area contributed by atoms with Crippen LogP contribution in [-0.2, 0) is 6.42 Å². The molecule has 4 nitrogen and oxygen atoms in total. The Hall–Kier alpha value is -1.26. The molecule has 1 unspecified atom stereocenters. The minimum absolute atomic E-state index is 0.557. The van der Waals surface area contributed by atoms with Gasteiger partial charge in [0.25, 0.3) is 0 Å². The van der Waals surface area contributed by atoms with E-state index in [4.69, 9.17) is 10.5 Å². The Morgan fingerprint density at radius 1 is 1.25 bits per heavy atom. The van der Waals surface area contributed by atoms with Gasteiger partial charge in [-0.3, -0.25) is 4.90 Å². The zero-order valence-electron chi connectivity index (χ0n) is 12.9. The molecule has 0 bridgehead atoms. The van der Waals surface area contributed by atoms with E-state index in [0.717, 1.165) is 24.4 Å². The predicted molar refractivity (Wildman–Crippen MR) is 84.3 cm³/mol. The summed E-state index contributed by atoms with van der Waals surface area (Å²) in [6.45, 7) is 10.4. The first-order valence-corrected chi connectivity index (χ1v) is 7.52. The minimum atomic E-state index is 0.557. The molecule has 0 amide bonds. The van der Waals surface area contributed by atoms with Crippen molar-refractivity contribution >= 4 is 5.69 Å². The van der Waals surface area contributed by atoms with E-state index in [1.807, 2.05) is 12.1 Å². The number of nitrogen functional groups attached to an aromatic ring is 1. The van der Waals surface area contributed by atoms with Crippen LogP contribution in [0.25, 0.3) is 0 Å². The van der Waals surface area contributed by atoms with Crippen LogP contribution < -0.4 is 10.5 Å². The van der Waals surface area contributed by atoms with Gasteiger partial charge < -0.3 is 15.4 Å². The fraction of sp³-hybridized carbons (Fsp3) is 0.625. The molecule has 1 aromatic rings. The summed E-state index contributed by atoms with van der Waals surface area (Å²) in [6, 6.07) is 6.68. The van der Waals surface area contributed by atoms with Gasteiger partial charge in [0.15, 0.2) is 0 Å². The quantitative estimate of drug-likeness (QED) is 0.834. The van der Waals surface area contributed by atoms with Gasteiger partial charge in [-0.05, 0) is 37.6 Å². The molecule has 1 aliphatic rings. The van der Waals surface area contributed by atoms with Crippen molar-refractivity contribution < 1.29 is 4.74 Å². The Kier molecular flexibility index (Phi) is 5.26. The molecule has 20 heavy (non-hydrogen) atoms. The number of anilines is 1. The van der Waals surface area contributed by atoms with Gasteiger partial charge in [-0.2, -0.15) is 0 Å². The van der Waals surface area contributed by atoms with Gasteiger partial charge in [0, 0.05) is 32.2 Å². The maximum Gasteiger partial charge on any atom is 0.141 e. The van der Waals surface area contributed by atoms with E-state index >= 15 is 0 Å². The van der Waals surface area contributed by atoms with Crippen LogP contribution in [-0.4, -0.2) is 55.7 Å². The summed E-state index contributed by atoms with van der Waals surface area (Å²) in [7, 11) is 1.65. The van der Waals surface area contributed by atoms with Crippen LogP contribution in [0.3, 0.4) is 0 Å². The van der Waals surface area contributed by atoms with Crippen molar-refractivity contribution in [3.8, 4) is 5.75 Å². The molecule has 2 N–H and O–H groups in total. The van der Waals surface area contributed by atoms with Crippen molar-refractivity contribution in [2.24, 2.45) is 0 Å². The Morgan fingerprint density at radius 3 is 2.50 bits per heavy atom. The van der Waals surface area contributed by atoms with Gasteiger partial charge in [-0.1, -0.05) is 13.0 Å². The molecular weight excluding hydrogens is 250 g/mol. The number of hydrogen-bond acceptors (Lipinski definition) is 4. The summed E-state index contributed by atoms with van der Waals surface area (Å²) in [5, 5.41) is 0. The molecule has 0 spiro atoms. The molecule has 1 saturated heterocycles. The fourth-order valence-electron chi connectivity index (χ4n) is 2.90. The summed E-state index contributed by atoms with van der Waals surface area (Å²) in [6.07, 6.45) is 1.04. The molecule has 0 radical (unpaired) electrons. The standard InChI is InChI=1S/C16H27N3O/c1-4-18-7-9-19(10-8-18)13(2)11-14-5-6-16(20-3)15(17)12-14/h5-6,12-13H,4,7-11,17H2,1-3H3. The summed E-state index contributed by atoms with van der Waals surface area (Å²) in [4.78, 5) is 5.08. The van der Waals surface area contributed by atoms with E-state index in [1.54, 1.807) is 7.11 Å². The highest BCUT2D eigenvalue weighted by molar-refractivity contribution is 5.54.